The first kappa shape index (κ1) is 22.8. The molecule has 0 saturated heterocycles. The Morgan fingerprint density at radius 1 is 1.24 bits per heavy atom. The van der Waals surface area contributed by atoms with Crippen LogP contribution in [-0.4, -0.2) is 29.7 Å². The third-order valence-electron chi connectivity index (χ3n) is 6.75. The zero-order valence-corrected chi connectivity index (χ0v) is 18.9. The van der Waals surface area contributed by atoms with Gasteiger partial charge in [-0.15, -0.1) is 0 Å². The summed E-state index contributed by atoms with van der Waals surface area (Å²) in [6.45, 7) is 1.64. The second-order valence-electron chi connectivity index (χ2n) is 8.97. The van der Waals surface area contributed by atoms with Crippen LogP contribution in [0.5, 0.6) is 0 Å². The lowest BCUT2D eigenvalue weighted by molar-refractivity contribution is -0.160. The molecule has 6 nitrogen and oxygen atoms in total. The van der Waals surface area contributed by atoms with Crippen molar-refractivity contribution < 1.29 is 26.0 Å². The highest BCUT2D eigenvalue weighted by Crippen LogP contribution is 2.50. The van der Waals surface area contributed by atoms with Crippen molar-refractivity contribution in [1.29, 1.82) is 5.26 Å². The molecule has 0 radical (unpaired) electrons. The van der Waals surface area contributed by atoms with Crippen LogP contribution in [0.1, 0.15) is 49.3 Å². The third-order valence-corrected chi connectivity index (χ3v) is 8.27. The molecule has 0 aliphatic heterocycles. The van der Waals surface area contributed by atoms with E-state index >= 15 is 0 Å². The van der Waals surface area contributed by atoms with Crippen LogP contribution in [0, 0.1) is 24.1 Å². The molecule has 2 aromatic heterocycles. The van der Waals surface area contributed by atoms with Crippen molar-refractivity contribution in [3.8, 4) is 17.5 Å². The minimum absolute atomic E-state index is 0.0813. The summed E-state index contributed by atoms with van der Waals surface area (Å²) in [5.74, 6) is -0.444. The van der Waals surface area contributed by atoms with E-state index in [4.69, 9.17) is 0 Å². The van der Waals surface area contributed by atoms with Crippen molar-refractivity contribution in [3.05, 3.63) is 47.4 Å². The standard InChI is InChI=1S/C23H20F4N4O2S/c1-13-9-20-16(10-18(13)24)17(11-28)21(31(20)14-3-2-4-14)19-6-5-15(12-29-19)34(32,33)30-22(7-8-22)23(25,26)27/h5-6,9-10,12,14,30H,2-4,7-8H2,1H3. The molecule has 3 aromatic rings. The SMILES string of the molecule is Cc1cc2c(cc1F)c(C#N)c(-c1ccc(S(=O)(=O)NC3(C(F)(F)F)CC3)cn1)n2C1CCC1. The number of fused-ring (bicyclic) bond motifs is 1. The number of aryl methyl sites for hydroxylation is 1. The van der Waals surface area contributed by atoms with Gasteiger partial charge >= 0.3 is 6.18 Å². The Kier molecular flexibility index (Phi) is 5.04. The first-order valence-corrected chi connectivity index (χ1v) is 12.3. The Bertz CT molecular complexity index is 1450. The summed E-state index contributed by atoms with van der Waals surface area (Å²) in [5, 5.41) is 10.3. The molecule has 11 heteroatoms. The quantitative estimate of drug-likeness (QED) is 0.501. The van der Waals surface area contributed by atoms with Crippen LogP contribution in [0.25, 0.3) is 22.3 Å². The highest BCUT2D eigenvalue weighted by molar-refractivity contribution is 7.89. The molecule has 0 unspecified atom stereocenters. The van der Waals surface area contributed by atoms with Crippen LogP contribution in [0.4, 0.5) is 17.6 Å². The number of nitriles is 1. The van der Waals surface area contributed by atoms with E-state index in [1.54, 1.807) is 17.7 Å². The molecule has 0 amide bonds. The van der Waals surface area contributed by atoms with Crippen molar-refractivity contribution in [1.82, 2.24) is 14.3 Å². The van der Waals surface area contributed by atoms with Gasteiger partial charge in [0.25, 0.3) is 0 Å². The van der Waals surface area contributed by atoms with Gasteiger partial charge in [0.15, 0.2) is 0 Å². The largest absolute Gasteiger partial charge is 0.407 e. The Morgan fingerprint density at radius 2 is 1.94 bits per heavy atom. The number of nitrogens with one attached hydrogen (secondary N) is 1. The van der Waals surface area contributed by atoms with Gasteiger partial charge in [-0.2, -0.15) is 23.2 Å². The van der Waals surface area contributed by atoms with Crippen LogP contribution in [0.15, 0.2) is 35.4 Å². The van der Waals surface area contributed by atoms with Gasteiger partial charge in [-0.25, -0.2) is 12.8 Å². The molecule has 1 aromatic carbocycles. The van der Waals surface area contributed by atoms with Crippen LogP contribution in [-0.2, 0) is 10.0 Å². The molecule has 0 spiro atoms. The molecular weight excluding hydrogens is 472 g/mol. The molecule has 2 saturated carbocycles. The number of benzene rings is 1. The molecule has 2 heterocycles. The summed E-state index contributed by atoms with van der Waals surface area (Å²) >= 11 is 0. The molecule has 2 aliphatic rings. The number of aromatic nitrogens is 2. The molecule has 2 aliphatic carbocycles. The predicted molar refractivity (Wildman–Crippen MR) is 116 cm³/mol. The summed E-state index contributed by atoms with van der Waals surface area (Å²) in [6.07, 6.45) is -1.59. The molecule has 34 heavy (non-hydrogen) atoms. The van der Waals surface area contributed by atoms with E-state index in [1.165, 1.54) is 18.2 Å². The maximum Gasteiger partial charge on any atom is 0.407 e. The van der Waals surface area contributed by atoms with Gasteiger partial charge in [-0.05, 0) is 68.9 Å². The van der Waals surface area contributed by atoms with Gasteiger partial charge in [-0.1, -0.05) is 0 Å². The van der Waals surface area contributed by atoms with Gasteiger partial charge in [0.1, 0.15) is 22.3 Å². The Balaban J connectivity index is 1.59. The van der Waals surface area contributed by atoms with Crippen LogP contribution in [0.2, 0.25) is 0 Å². The van der Waals surface area contributed by atoms with E-state index in [0.29, 0.717) is 22.2 Å². The van der Waals surface area contributed by atoms with E-state index in [1.807, 2.05) is 4.57 Å². The average molecular weight is 492 g/mol. The van der Waals surface area contributed by atoms with Gasteiger partial charge in [0.2, 0.25) is 10.0 Å². The molecule has 2 fully saturated rings. The number of hydrogen-bond acceptors (Lipinski definition) is 4. The molecule has 1 N–H and O–H groups in total. The lowest BCUT2D eigenvalue weighted by atomic mass is 9.92. The van der Waals surface area contributed by atoms with Crippen molar-refractivity contribution >= 4 is 20.9 Å². The van der Waals surface area contributed by atoms with E-state index in [-0.39, 0.29) is 30.1 Å². The van der Waals surface area contributed by atoms with Crippen molar-refractivity contribution in [2.24, 2.45) is 0 Å². The maximum absolute atomic E-state index is 14.3. The fourth-order valence-corrected chi connectivity index (χ4v) is 5.78. The molecule has 178 valence electrons. The number of rotatable bonds is 5. The lowest BCUT2D eigenvalue weighted by Crippen LogP contribution is -2.47. The molecule has 5 rings (SSSR count). The highest BCUT2D eigenvalue weighted by atomic mass is 32.2. The summed E-state index contributed by atoms with van der Waals surface area (Å²) in [7, 11) is -4.46. The zero-order valence-electron chi connectivity index (χ0n) is 18.1. The minimum Gasteiger partial charge on any atom is -0.335 e. The molecule has 0 atom stereocenters. The number of sulfonamides is 1. The monoisotopic (exact) mass is 492 g/mol. The van der Waals surface area contributed by atoms with Crippen LogP contribution >= 0.6 is 0 Å². The van der Waals surface area contributed by atoms with E-state index in [0.717, 1.165) is 25.5 Å². The minimum atomic E-state index is -4.69. The van der Waals surface area contributed by atoms with Crippen molar-refractivity contribution in [3.63, 3.8) is 0 Å². The number of hydrogen-bond donors (Lipinski definition) is 1. The highest BCUT2D eigenvalue weighted by Gasteiger charge is 2.65. The zero-order chi connectivity index (χ0) is 24.5. The Morgan fingerprint density at radius 3 is 2.44 bits per heavy atom. The number of halogens is 4. The fourth-order valence-electron chi connectivity index (χ4n) is 4.39. The van der Waals surface area contributed by atoms with Crippen molar-refractivity contribution in [2.75, 3.05) is 0 Å². The normalized spacial score (nSPS) is 18.0. The number of nitrogens with zero attached hydrogens (tertiary/aromatic N) is 3. The van der Waals surface area contributed by atoms with Crippen LogP contribution in [0.3, 0.4) is 0 Å². The van der Waals surface area contributed by atoms with E-state index in [2.05, 4.69) is 11.1 Å². The topological polar surface area (TPSA) is 87.8 Å². The van der Waals surface area contributed by atoms with Crippen LogP contribution < -0.4 is 4.72 Å². The Hall–Kier alpha value is -2.97. The van der Waals surface area contributed by atoms with Gasteiger partial charge in [-0.3, -0.25) is 4.98 Å². The van der Waals surface area contributed by atoms with Gasteiger partial charge in [0.05, 0.1) is 22.5 Å². The predicted octanol–water partition coefficient (Wildman–Crippen LogP) is 5.12. The van der Waals surface area contributed by atoms with E-state index in [9.17, 15) is 31.2 Å². The molecular formula is C23H20F4N4O2S. The smallest absolute Gasteiger partial charge is 0.335 e. The first-order chi connectivity index (χ1) is 16.0. The number of pyridine rings is 1. The number of alkyl halides is 3. The van der Waals surface area contributed by atoms with Gasteiger partial charge in [0, 0.05) is 17.6 Å². The van der Waals surface area contributed by atoms with Crippen molar-refractivity contribution in [2.45, 2.75) is 61.7 Å². The Labute approximate surface area is 193 Å². The fraction of sp³-hybridized carbons (Fsp3) is 0.391. The summed E-state index contributed by atoms with van der Waals surface area (Å²) < 4.78 is 82.9. The van der Waals surface area contributed by atoms with Gasteiger partial charge < -0.3 is 4.57 Å². The average Bonchev–Trinajstić information content (AvgIpc) is 3.45. The second-order valence-corrected chi connectivity index (χ2v) is 10.7. The molecule has 0 bridgehead atoms. The second kappa shape index (κ2) is 7.52. The van der Waals surface area contributed by atoms with E-state index < -0.39 is 32.5 Å². The maximum atomic E-state index is 14.3. The summed E-state index contributed by atoms with van der Waals surface area (Å²) in [4.78, 5) is 3.81. The summed E-state index contributed by atoms with van der Waals surface area (Å²) in [6, 6.07) is 7.75. The third kappa shape index (κ3) is 3.47. The first-order valence-electron chi connectivity index (χ1n) is 10.8. The summed E-state index contributed by atoms with van der Waals surface area (Å²) in [5.41, 5.74) is -0.364. The lowest BCUT2D eigenvalue weighted by Gasteiger charge is -2.30.